The highest BCUT2D eigenvalue weighted by Crippen LogP contribution is 2.31. The number of carbonyl (C=O) groups is 1. The average molecular weight is 455 g/mol. The summed E-state index contributed by atoms with van der Waals surface area (Å²) in [5, 5.41) is 24.5. The third-order valence-electron chi connectivity index (χ3n) is 3.21. The Balaban J connectivity index is 2.04. The lowest BCUT2D eigenvalue weighted by Crippen LogP contribution is -2.20. The van der Waals surface area contributed by atoms with Crippen molar-refractivity contribution in [3.05, 3.63) is 61.2 Å². The van der Waals surface area contributed by atoms with Crippen LogP contribution in [-0.4, -0.2) is 29.3 Å². The summed E-state index contributed by atoms with van der Waals surface area (Å²) in [5.41, 5.74) is 3.13. The third-order valence-corrected chi connectivity index (χ3v) is 4.04. The Bertz CT molecular complexity index is 839. The number of hydrazone groups is 1. The maximum absolute atomic E-state index is 11.9. The molecule has 0 radical (unpaired) electrons. The normalized spacial score (nSPS) is 10.6. The fourth-order valence-corrected chi connectivity index (χ4v) is 2.68. The number of hydrogen-bond donors (Lipinski definition) is 2. The predicted molar refractivity (Wildman–Crippen MR) is 99.9 cm³/mol. The zero-order valence-corrected chi connectivity index (χ0v) is 15.3. The molecule has 0 aromatic heterocycles. The fraction of sp³-hybridized carbons (Fsp3) is 0.125. The number of amides is 1. The molecular formula is C16H14IN3O5. The summed E-state index contributed by atoms with van der Waals surface area (Å²) >= 11 is 1.95. The van der Waals surface area contributed by atoms with E-state index in [-0.39, 0.29) is 17.9 Å². The van der Waals surface area contributed by atoms with Gasteiger partial charge in [0.05, 0.1) is 28.2 Å². The zero-order valence-electron chi connectivity index (χ0n) is 13.1. The molecule has 0 heterocycles. The number of aromatic hydroxyl groups is 1. The second-order valence-electron chi connectivity index (χ2n) is 4.91. The highest BCUT2D eigenvalue weighted by molar-refractivity contribution is 14.1. The number of benzene rings is 2. The van der Waals surface area contributed by atoms with E-state index >= 15 is 0 Å². The van der Waals surface area contributed by atoms with Crippen LogP contribution in [0.2, 0.25) is 0 Å². The zero-order chi connectivity index (χ0) is 18.4. The Hall–Kier alpha value is -2.69. The van der Waals surface area contributed by atoms with Gasteiger partial charge in [0.25, 0.3) is 5.69 Å². The van der Waals surface area contributed by atoms with Crippen LogP contribution in [0.15, 0.2) is 41.5 Å². The molecule has 2 N–H and O–H groups in total. The molecule has 0 aliphatic heterocycles. The molecule has 2 rings (SSSR count). The Labute approximate surface area is 156 Å². The minimum atomic E-state index is -0.531. The molecule has 1 amide bonds. The van der Waals surface area contributed by atoms with Gasteiger partial charge in [-0.05, 0) is 40.3 Å². The number of rotatable bonds is 6. The first kappa shape index (κ1) is 18.6. The molecule has 0 unspecified atom stereocenters. The molecule has 0 atom stereocenters. The lowest BCUT2D eigenvalue weighted by molar-refractivity contribution is -0.385. The maximum Gasteiger partial charge on any atom is 0.273 e. The molecule has 25 heavy (non-hydrogen) atoms. The molecule has 2 aromatic rings. The number of phenolic OH excluding ortho intramolecular Hbond substituents is 1. The number of nitrogens with one attached hydrogen (secondary N) is 1. The van der Waals surface area contributed by atoms with E-state index in [1.165, 1.54) is 31.5 Å². The SMILES string of the molecule is COc1cc(/C=N/NC(=O)Cc2ccccc2[N+](=O)[O-])cc(I)c1O. The van der Waals surface area contributed by atoms with Crippen molar-refractivity contribution in [3.8, 4) is 11.5 Å². The average Bonchev–Trinajstić information content (AvgIpc) is 2.58. The molecule has 8 nitrogen and oxygen atoms in total. The van der Waals surface area contributed by atoms with Gasteiger partial charge in [0.1, 0.15) is 0 Å². The lowest BCUT2D eigenvalue weighted by atomic mass is 10.1. The second-order valence-corrected chi connectivity index (χ2v) is 6.07. The summed E-state index contributed by atoms with van der Waals surface area (Å²) in [6, 6.07) is 9.26. The molecule has 0 spiro atoms. The van der Waals surface area contributed by atoms with Gasteiger partial charge in [-0.3, -0.25) is 14.9 Å². The number of nitro benzene ring substituents is 1. The van der Waals surface area contributed by atoms with Gasteiger partial charge in [0, 0.05) is 11.6 Å². The number of nitro groups is 1. The van der Waals surface area contributed by atoms with Crippen LogP contribution in [0.5, 0.6) is 11.5 Å². The van der Waals surface area contributed by atoms with E-state index in [1.807, 2.05) is 22.6 Å². The Morgan fingerprint density at radius 3 is 2.84 bits per heavy atom. The number of halogens is 1. The van der Waals surface area contributed by atoms with Crippen LogP contribution in [0, 0.1) is 13.7 Å². The summed E-state index contributed by atoms with van der Waals surface area (Å²) in [6.45, 7) is 0. The first-order valence-corrected chi connectivity index (χ1v) is 8.11. The first-order chi connectivity index (χ1) is 11.9. The van der Waals surface area contributed by atoms with Crippen molar-refractivity contribution in [2.75, 3.05) is 7.11 Å². The number of ether oxygens (including phenoxy) is 1. The van der Waals surface area contributed by atoms with Crippen molar-refractivity contribution >= 4 is 40.4 Å². The van der Waals surface area contributed by atoms with E-state index in [2.05, 4.69) is 10.5 Å². The second kappa shape index (κ2) is 8.42. The first-order valence-electron chi connectivity index (χ1n) is 7.03. The lowest BCUT2D eigenvalue weighted by Gasteiger charge is -2.06. The molecule has 0 fully saturated rings. The highest BCUT2D eigenvalue weighted by atomic mass is 127. The van der Waals surface area contributed by atoms with Crippen LogP contribution >= 0.6 is 22.6 Å². The standard InChI is InChI=1S/C16H14IN3O5/c1-25-14-7-10(6-12(17)16(14)22)9-18-19-15(21)8-11-4-2-3-5-13(11)20(23)24/h2-7,9,22H,8H2,1H3,(H,19,21)/b18-9+. The molecule has 0 aliphatic rings. The van der Waals surface area contributed by atoms with Gasteiger partial charge < -0.3 is 9.84 Å². The van der Waals surface area contributed by atoms with Crippen molar-refractivity contribution in [1.82, 2.24) is 5.43 Å². The van der Waals surface area contributed by atoms with Gasteiger partial charge in [-0.25, -0.2) is 5.43 Å². The Kier molecular flexibility index (Phi) is 6.28. The van der Waals surface area contributed by atoms with E-state index in [0.717, 1.165) is 0 Å². The van der Waals surface area contributed by atoms with Crippen LogP contribution in [0.3, 0.4) is 0 Å². The number of methoxy groups -OCH3 is 1. The Morgan fingerprint density at radius 1 is 1.44 bits per heavy atom. The summed E-state index contributed by atoms with van der Waals surface area (Å²) in [4.78, 5) is 22.3. The summed E-state index contributed by atoms with van der Waals surface area (Å²) in [6.07, 6.45) is 1.23. The van der Waals surface area contributed by atoms with Crippen LogP contribution in [0.25, 0.3) is 0 Å². The molecular weight excluding hydrogens is 441 g/mol. The van der Waals surface area contributed by atoms with Crippen LogP contribution in [0.1, 0.15) is 11.1 Å². The van der Waals surface area contributed by atoms with Gasteiger partial charge in [-0.2, -0.15) is 5.10 Å². The minimum Gasteiger partial charge on any atom is -0.504 e. The molecule has 0 aliphatic carbocycles. The van der Waals surface area contributed by atoms with Gasteiger partial charge in [-0.1, -0.05) is 18.2 Å². The van der Waals surface area contributed by atoms with Crippen LogP contribution in [0.4, 0.5) is 5.69 Å². The summed E-state index contributed by atoms with van der Waals surface area (Å²) in [7, 11) is 1.43. The van der Waals surface area contributed by atoms with Crippen molar-refractivity contribution in [2.24, 2.45) is 5.10 Å². The molecule has 0 bridgehead atoms. The van der Waals surface area contributed by atoms with Crippen molar-refractivity contribution in [1.29, 1.82) is 0 Å². The number of phenols is 1. The van der Waals surface area contributed by atoms with Gasteiger partial charge in [0.2, 0.25) is 5.91 Å². The number of carbonyl (C=O) groups excluding carboxylic acids is 1. The van der Waals surface area contributed by atoms with Crippen molar-refractivity contribution in [3.63, 3.8) is 0 Å². The fourth-order valence-electron chi connectivity index (χ4n) is 2.05. The third kappa shape index (κ3) is 4.89. The van der Waals surface area contributed by atoms with Crippen molar-refractivity contribution < 1.29 is 19.6 Å². The topological polar surface area (TPSA) is 114 Å². The number of nitrogens with zero attached hydrogens (tertiary/aromatic N) is 2. The summed E-state index contributed by atoms with van der Waals surface area (Å²) < 4.78 is 5.61. The highest BCUT2D eigenvalue weighted by Gasteiger charge is 2.15. The Morgan fingerprint density at radius 2 is 2.16 bits per heavy atom. The van der Waals surface area contributed by atoms with Crippen LogP contribution in [-0.2, 0) is 11.2 Å². The van der Waals surface area contributed by atoms with E-state index < -0.39 is 10.8 Å². The van der Waals surface area contributed by atoms with E-state index in [9.17, 15) is 20.0 Å². The minimum absolute atomic E-state index is 0.0284. The molecule has 2 aromatic carbocycles. The van der Waals surface area contributed by atoms with Crippen LogP contribution < -0.4 is 10.2 Å². The molecule has 130 valence electrons. The molecule has 9 heteroatoms. The number of hydrogen-bond acceptors (Lipinski definition) is 6. The van der Waals surface area contributed by atoms with Crippen molar-refractivity contribution in [2.45, 2.75) is 6.42 Å². The maximum atomic E-state index is 11.9. The van der Waals surface area contributed by atoms with E-state index in [0.29, 0.717) is 20.4 Å². The van der Waals surface area contributed by atoms with E-state index in [4.69, 9.17) is 4.74 Å². The monoisotopic (exact) mass is 455 g/mol. The van der Waals surface area contributed by atoms with Gasteiger partial charge in [0.15, 0.2) is 11.5 Å². The van der Waals surface area contributed by atoms with E-state index in [1.54, 1.807) is 18.2 Å². The summed E-state index contributed by atoms with van der Waals surface area (Å²) in [5.74, 6) is -0.161. The molecule has 0 saturated heterocycles. The smallest absolute Gasteiger partial charge is 0.273 e. The quantitative estimate of drug-likeness (QED) is 0.301. The van der Waals surface area contributed by atoms with Gasteiger partial charge >= 0.3 is 0 Å². The molecule has 0 saturated carbocycles. The van der Waals surface area contributed by atoms with Gasteiger partial charge in [-0.15, -0.1) is 0 Å². The number of para-hydroxylation sites is 1. The largest absolute Gasteiger partial charge is 0.504 e. The predicted octanol–water partition coefficient (Wildman–Crippen LogP) is 2.61.